The summed E-state index contributed by atoms with van der Waals surface area (Å²) in [5.41, 5.74) is 1.22. The molecule has 0 aliphatic heterocycles. The van der Waals surface area contributed by atoms with E-state index in [0.29, 0.717) is 12.4 Å². The maximum absolute atomic E-state index is 9.21. The number of benzene rings is 1. The van der Waals surface area contributed by atoms with Crippen LogP contribution in [0.25, 0.3) is 0 Å². The zero-order valence-corrected chi connectivity index (χ0v) is 15.3. The third kappa shape index (κ3) is 8.77. The van der Waals surface area contributed by atoms with Crippen molar-refractivity contribution in [2.24, 2.45) is 4.99 Å². The smallest absolute Gasteiger partial charge is 0.191 e. The molecule has 1 aromatic carbocycles. The number of hydrogen-bond donors (Lipinski definition) is 3. The van der Waals surface area contributed by atoms with E-state index in [9.17, 15) is 5.11 Å². The van der Waals surface area contributed by atoms with E-state index in [1.165, 1.54) is 5.56 Å². The van der Waals surface area contributed by atoms with Crippen molar-refractivity contribution in [2.45, 2.75) is 25.8 Å². The molecule has 1 aromatic rings. The fourth-order valence-electron chi connectivity index (χ4n) is 1.88. The topological polar surface area (TPSA) is 65.9 Å². The van der Waals surface area contributed by atoms with Crippen LogP contribution in [0, 0.1) is 0 Å². The Bertz CT molecular complexity index is 410. The number of aliphatic imine (C=N–C) groups is 1. The van der Waals surface area contributed by atoms with Crippen LogP contribution in [-0.4, -0.2) is 44.4 Å². The third-order valence-electron chi connectivity index (χ3n) is 2.89. The molecule has 0 aliphatic carbocycles. The standard InChI is InChI=1S/C15H25N3O2.HI/c1-12(11-20-3)18-15(16-2)17-10-4-5-13-6-8-14(19)9-7-13;/h6-9,12,19H,4-5,10-11H2,1-3H3,(H2,16,17,18);1H. The van der Waals surface area contributed by atoms with Crippen LogP contribution in [0.1, 0.15) is 18.9 Å². The van der Waals surface area contributed by atoms with Gasteiger partial charge in [-0.3, -0.25) is 4.99 Å². The van der Waals surface area contributed by atoms with Gasteiger partial charge >= 0.3 is 0 Å². The number of hydrogen-bond acceptors (Lipinski definition) is 3. The average molecular weight is 407 g/mol. The van der Waals surface area contributed by atoms with E-state index in [1.54, 1.807) is 26.3 Å². The molecule has 0 bridgehead atoms. The molecule has 21 heavy (non-hydrogen) atoms. The van der Waals surface area contributed by atoms with Gasteiger partial charge in [0.15, 0.2) is 5.96 Å². The van der Waals surface area contributed by atoms with Crippen LogP contribution in [0.2, 0.25) is 0 Å². The molecule has 0 aliphatic rings. The lowest BCUT2D eigenvalue weighted by atomic mass is 10.1. The number of rotatable bonds is 7. The number of methoxy groups -OCH3 is 1. The minimum atomic E-state index is 0. The summed E-state index contributed by atoms with van der Waals surface area (Å²) in [6.45, 7) is 3.54. The zero-order chi connectivity index (χ0) is 14.8. The first-order valence-electron chi connectivity index (χ1n) is 6.89. The molecule has 6 heteroatoms. The summed E-state index contributed by atoms with van der Waals surface area (Å²) in [6.07, 6.45) is 1.97. The van der Waals surface area contributed by atoms with Crippen molar-refractivity contribution in [1.29, 1.82) is 0 Å². The molecule has 1 unspecified atom stereocenters. The normalized spacial score (nSPS) is 12.4. The first-order chi connectivity index (χ1) is 9.65. The predicted octanol–water partition coefficient (Wildman–Crippen LogP) is 2.14. The number of aromatic hydroxyl groups is 1. The van der Waals surface area contributed by atoms with Crippen LogP contribution in [0.4, 0.5) is 0 Å². The van der Waals surface area contributed by atoms with E-state index in [0.717, 1.165) is 25.3 Å². The van der Waals surface area contributed by atoms with Gasteiger partial charge in [0.05, 0.1) is 6.61 Å². The van der Waals surface area contributed by atoms with Gasteiger partial charge in [0.2, 0.25) is 0 Å². The Kier molecular flexibility index (Phi) is 11.1. The highest BCUT2D eigenvalue weighted by molar-refractivity contribution is 14.0. The van der Waals surface area contributed by atoms with Crippen LogP contribution in [-0.2, 0) is 11.2 Å². The summed E-state index contributed by atoms with van der Waals surface area (Å²) in [4.78, 5) is 4.17. The summed E-state index contributed by atoms with van der Waals surface area (Å²) >= 11 is 0. The highest BCUT2D eigenvalue weighted by Crippen LogP contribution is 2.10. The molecule has 5 nitrogen and oxygen atoms in total. The maximum atomic E-state index is 9.21. The molecule has 0 spiro atoms. The Morgan fingerprint density at radius 2 is 2.00 bits per heavy atom. The second-order valence-corrected chi connectivity index (χ2v) is 4.77. The highest BCUT2D eigenvalue weighted by atomic mass is 127. The molecule has 0 fully saturated rings. The van der Waals surface area contributed by atoms with Crippen molar-refractivity contribution >= 4 is 29.9 Å². The molecule has 1 rings (SSSR count). The van der Waals surface area contributed by atoms with E-state index in [2.05, 4.69) is 15.6 Å². The molecule has 120 valence electrons. The fourth-order valence-corrected chi connectivity index (χ4v) is 1.88. The third-order valence-corrected chi connectivity index (χ3v) is 2.89. The zero-order valence-electron chi connectivity index (χ0n) is 12.9. The van der Waals surface area contributed by atoms with E-state index in [4.69, 9.17) is 4.74 Å². The number of guanidine groups is 1. The van der Waals surface area contributed by atoms with Crippen molar-refractivity contribution in [3.8, 4) is 5.75 Å². The number of aryl methyl sites for hydroxylation is 1. The van der Waals surface area contributed by atoms with Gasteiger partial charge in [-0.15, -0.1) is 24.0 Å². The Morgan fingerprint density at radius 3 is 2.57 bits per heavy atom. The molecule has 0 aromatic heterocycles. The van der Waals surface area contributed by atoms with Crippen molar-refractivity contribution in [1.82, 2.24) is 10.6 Å². The number of halogens is 1. The Morgan fingerprint density at radius 1 is 1.33 bits per heavy atom. The predicted molar refractivity (Wildman–Crippen MR) is 97.7 cm³/mol. The van der Waals surface area contributed by atoms with Crippen molar-refractivity contribution < 1.29 is 9.84 Å². The molecule has 0 saturated carbocycles. The number of nitrogens with zero attached hydrogens (tertiary/aromatic N) is 1. The molecule has 0 heterocycles. The molecule has 0 amide bonds. The van der Waals surface area contributed by atoms with E-state index in [1.807, 2.05) is 19.1 Å². The summed E-state index contributed by atoms with van der Waals surface area (Å²) in [7, 11) is 3.45. The second-order valence-electron chi connectivity index (χ2n) is 4.77. The van der Waals surface area contributed by atoms with Crippen molar-refractivity contribution in [3.63, 3.8) is 0 Å². The first-order valence-corrected chi connectivity index (χ1v) is 6.89. The molecular formula is C15H26IN3O2. The van der Waals surface area contributed by atoms with Gasteiger partial charge in [0, 0.05) is 26.7 Å². The monoisotopic (exact) mass is 407 g/mol. The van der Waals surface area contributed by atoms with Gasteiger partial charge in [0.1, 0.15) is 5.75 Å². The van der Waals surface area contributed by atoms with Gasteiger partial charge in [-0.2, -0.15) is 0 Å². The van der Waals surface area contributed by atoms with Crippen LogP contribution < -0.4 is 10.6 Å². The molecule has 1 atom stereocenters. The second kappa shape index (κ2) is 11.6. The molecule has 3 N–H and O–H groups in total. The molecular weight excluding hydrogens is 381 g/mol. The van der Waals surface area contributed by atoms with Crippen LogP contribution >= 0.6 is 24.0 Å². The largest absolute Gasteiger partial charge is 0.508 e. The van der Waals surface area contributed by atoms with E-state index in [-0.39, 0.29) is 30.0 Å². The minimum Gasteiger partial charge on any atom is -0.508 e. The lowest BCUT2D eigenvalue weighted by Gasteiger charge is -2.17. The highest BCUT2D eigenvalue weighted by Gasteiger charge is 2.03. The average Bonchev–Trinajstić information content (AvgIpc) is 2.44. The summed E-state index contributed by atoms with van der Waals surface area (Å²) in [5.74, 6) is 1.10. The van der Waals surface area contributed by atoms with E-state index >= 15 is 0 Å². The van der Waals surface area contributed by atoms with Crippen molar-refractivity contribution in [2.75, 3.05) is 27.3 Å². The number of ether oxygens (including phenoxy) is 1. The lowest BCUT2D eigenvalue weighted by molar-refractivity contribution is 0.179. The van der Waals surface area contributed by atoms with Crippen molar-refractivity contribution in [3.05, 3.63) is 29.8 Å². The SMILES string of the molecule is CN=C(NCCCc1ccc(O)cc1)NC(C)COC.I. The molecule has 0 radical (unpaired) electrons. The molecule has 0 saturated heterocycles. The summed E-state index contributed by atoms with van der Waals surface area (Å²) in [5, 5.41) is 15.7. The van der Waals surface area contributed by atoms with Crippen LogP contribution in [0.3, 0.4) is 0 Å². The summed E-state index contributed by atoms with van der Waals surface area (Å²) in [6, 6.07) is 7.56. The quantitative estimate of drug-likeness (QED) is 0.281. The van der Waals surface area contributed by atoms with E-state index < -0.39 is 0 Å². The van der Waals surface area contributed by atoms with Gasteiger partial charge in [0.25, 0.3) is 0 Å². The van der Waals surface area contributed by atoms with Gasteiger partial charge in [-0.05, 0) is 37.5 Å². The Balaban J connectivity index is 0.00000400. The number of phenolic OH excluding ortho intramolecular Hbond substituents is 1. The minimum absolute atomic E-state index is 0. The van der Waals surface area contributed by atoms with Crippen LogP contribution in [0.5, 0.6) is 5.75 Å². The summed E-state index contributed by atoms with van der Waals surface area (Å²) < 4.78 is 5.08. The van der Waals surface area contributed by atoms with Crippen LogP contribution in [0.15, 0.2) is 29.3 Å². The Hall–Kier alpha value is -1.02. The van der Waals surface area contributed by atoms with Gasteiger partial charge in [-0.1, -0.05) is 12.1 Å². The first kappa shape index (κ1) is 20.0. The lowest BCUT2D eigenvalue weighted by Crippen LogP contribution is -2.44. The number of nitrogens with one attached hydrogen (secondary N) is 2. The number of phenols is 1. The van der Waals surface area contributed by atoms with Gasteiger partial charge < -0.3 is 20.5 Å². The van der Waals surface area contributed by atoms with Gasteiger partial charge in [-0.25, -0.2) is 0 Å². The fraction of sp³-hybridized carbons (Fsp3) is 0.533. The maximum Gasteiger partial charge on any atom is 0.191 e. The Labute approximate surface area is 144 Å².